The molecule has 2 N–H and O–H groups in total. The second kappa shape index (κ2) is 3.09. The highest BCUT2D eigenvalue weighted by Gasteiger charge is 2.33. The smallest absolute Gasteiger partial charge is 0.0742 e. The normalized spacial score (nSPS) is 36.7. The summed E-state index contributed by atoms with van der Waals surface area (Å²) in [4.78, 5) is 0. The van der Waals surface area contributed by atoms with Crippen LogP contribution in [0.1, 0.15) is 32.6 Å². The van der Waals surface area contributed by atoms with Crippen LogP contribution in [-0.2, 0) is 0 Å². The minimum absolute atomic E-state index is 0.259. The molecule has 12 heavy (non-hydrogen) atoms. The van der Waals surface area contributed by atoms with E-state index >= 15 is 0 Å². The zero-order chi connectivity index (χ0) is 8.55. The summed E-state index contributed by atoms with van der Waals surface area (Å²) in [6.45, 7) is 1.87. The van der Waals surface area contributed by atoms with Crippen LogP contribution in [0.3, 0.4) is 0 Å². The first kappa shape index (κ1) is 8.11. The summed E-state index contributed by atoms with van der Waals surface area (Å²) in [5.74, 6) is 0.624. The molecule has 0 aromatic heterocycles. The number of aliphatic hydroxyl groups excluding tert-OH is 1. The van der Waals surface area contributed by atoms with Crippen molar-refractivity contribution < 1.29 is 5.11 Å². The van der Waals surface area contributed by atoms with Crippen LogP contribution in [0.4, 0.5) is 0 Å². The highest BCUT2D eigenvalue weighted by Crippen LogP contribution is 2.34. The summed E-state index contributed by atoms with van der Waals surface area (Å²) in [6.07, 6.45) is 6.98. The minimum Gasteiger partial charge on any atom is -0.389 e. The summed E-state index contributed by atoms with van der Waals surface area (Å²) in [5.41, 5.74) is 1.22. The Balaban J connectivity index is 2.08. The van der Waals surface area contributed by atoms with E-state index in [9.17, 15) is 5.11 Å². The van der Waals surface area contributed by atoms with Crippen LogP contribution in [0, 0.1) is 5.92 Å². The highest BCUT2D eigenvalue weighted by molar-refractivity contribution is 5.20. The average Bonchev–Trinajstić information content (AvgIpc) is 2.47. The molecule has 1 heterocycles. The van der Waals surface area contributed by atoms with Gasteiger partial charge in [-0.3, -0.25) is 0 Å². The van der Waals surface area contributed by atoms with Crippen molar-refractivity contribution in [3.05, 3.63) is 11.8 Å². The van der Waals surface area contributed by atoms with Gasteiger partial charge >= 0.3 is 0 Å². The summed E-state index contributed by atoms with van der Waals surface area (Å²) in [7, 11) is 0. The fourth-order valence-electron chi connectivity index (χ4n) is 2.47. The van der Waals surface area contributed by atoms with E-state index in [0.29, 0.717) is 12.0 Å². The van der Waals surface area contributed by atoms with Gasteiger partial charge in [-0.25, -0.2) is 0 Å². The van der Waals surface area contributed by atoms with Gasteiger partial charge in [0.25, 0.3) is 0 Å². The van der Waals surface area contributed by atoms with Crippen LogP contribution in [0.5, 0.6) is 0 Å². The van der Waals surface area contributed by atoms with Gasteiger partial charge in [0.15, 0.2) is 0 Å². The molecule has 1 fully saturated rings. The lowest BCUT2D eigenvalue weighted by Gasteiger charge is -2.28. The van der Waals surface area contributed by atoms with Gasteiger partial charge in [0.1, 0.15) is 0 Å². The van der Waals surface area contributed by atoms with Crippen LogP contribution in [-0.4, -0.2) is 17.3 Å². The van der Waals surface area contributed by atoms with Crippen LogP contribution in [0.15, 0.2) is 11.8 Å². The summed E-state index contributed by atoms with van der Waals surface area (Å²) >= 11 is 0. The molecule has 0 radical (unpaired) electrons. The molecule has 0 aromatic rings. The first-order chi connectivity index (χ1) is 5.79. The molecular formula is C10H17NO. The highest BCUT2D eigenvalue weighted by atomic mass is 16.3. The maximum atomic E-state index is 9.48. The lowest BCUT2D eigenvalue weighted by atomic mass is 9.81. The molecule has 2 heteroatoms. The monoisotopic (exact) mass is 167 g/mol. The number of fused-ring (bicyclic) bond motifs is 1. The molecule has 1 aliphatic heterocycles. The standard InChI is InChI=1S/C10H17NO/c1-7(12)9-6-11-10-5-3-2-4-8(9)10/h6-8,10-12H,2-5H2,1H3. The van der Waals surface area contributed by atoms with Crippen molar-refractivity contribution in [2.45, 2.75) is 44.8 Å². The quantitative estimate of drug-likeness (QED) is 0.619. The Labute approximate surface area is 73.7 Å². The molecule has 0 saturated heterocycles. The molecular weight excluding hydrogens is 150 g/mol. The molecule has 1 saturated carbocycles. The lowest BCUT2D eigenvalue weighted by Crippen LogP contribution is -2.31. The largest absolute Gasteiger partial charge is 0.389 e. The molecule has 0 amide bonds. The van der Waals surface area contributed by atoms with Crippen LogP contribution >= 0.6 is 0 Å². The zero-order valence-corrected chi connectivity index (χ0v) is 7.59. The van der Waals surface area contributed by atoms with E-state index < -0.39 is 0 Å². The molecule has 3 unspecified atom stereocenters. The first-order valence-electron chi connectivity index (χ1n) is 4.93. The van der Waals surface area contributed by atoms with Crippen molar-refractivity contribution in [1.82, 2.24) is 5.32 Å². The zero-order valence-electron chi connectivity index (χ0n) is 7.59. The van der Waals surface area contributed by atoms with Gasteiger partial charge in [0.05, 0.1) is 6.10 Å². The third kappa shape index (κ3) is 1.24. The van der Waals surface area contributed by atoms with E-state index in [1.807, 2.05) is 13.1 Å². The third-order valence-electron chi connectivity index (χ3n) is 3.14. The van der Waals surface area contributed by atoms with E-state index in [2.05, 4.69) is 5.32 Å². The average molecular weight is 167 g/mol. The molecule has 1 aliphatic carbocycles. The number of rotatable bonds is 1. The van der Waals surface area contributed by atoms with Crippen LogP contribution < -0.4 is 5.32 Å². The van der Waals surface area contributed by atoms with Gasteiger partial charge in [0.2, 0.25) is 0 Å². The number of hydrogen-bond donors (Lipinski definition) is 2. The fraction of sp³-hybridized carbons (Fsp3) is 0.800. The van der Waals surface area contributed by atoms with Gasteiger partial charge in [0, 0.05) is 12.0 Å². The van der Waals surface area contributed by atoms with Gasteiger partial charge < -0.3 is 10.4 Å². The minimum atomic E-state index is -0.259. The van der Waals surface area contributed by atoms with Crippen molar-refractivity contribution in [2.24, 2.45) is 5.92 Å². The molecule has 2 aliphatic rings. The fourth-order valence-corrected chi connectivity index (χ4v) is 2.47. The molecule has 68 valence electrons. The van der Waals surface area contributed by atoms with Gasteiger partial charge in [-0.2, -0.15) is 0 Å². The van der Waals surface area contributed by atoms with Crippen molar-refractivity contribution in [3.63, 3.8) is 0 Å². The number of hydrogen-bond acceptors (Lipinski definition) is 2. The predicted molar refractivity (Wildman–Crippen MR) is 48.6 cm³/mol. The van der Waals surface area contributed by atoms with Crippen LogP contribution in [0.25, 0.3) is 0 Å². The summed E-state index contributed by atoms with van der Waals surface area (Å²) in [6, 6.07) is 0.628. The van der Waals surface area contributed by atoms with Gasteiger partial charge in [-0.15, -0.1) is 0 Å². The van der Waals surface area contributed by atoms with Crippen molar-refractivity contribution >= 4 is 0 Å². The van der Waals surface area contributed by atoms with Gasteiger partial charge in [-0.05, 0) is 31.5 Å². The van der Waals surface area contributed by atoms with Gasteiger partial charge in [-0.1, -0.05) is 12.8 Å². The molecule has 0 aromatic carbocycles. The van der Waals surface area contributed by atoms with Crippen LogP contribution in [0.2, 0.25) is 0 Å². The Morgan fingerprint density at radius 1 is 1.50 bits per heavy atom. The molecule has 3 atom stereocenters. The second-order valence-corrected chi connectivity index (χ2v) is 3.98. The van der Waals surface area contributed by atoms with Crippen molar-refractivity contribution in [3.8, 4) is 0 Å². The Hall–Kier alpha value is -0.500. The third-order valence-corrected chi connectivity index (χ3v) is 3.14. The predicted octanol–water partition coefficient (Wildman–Crippen LogP) is 1.41. The topological polar surface area (TPSA) is 32.3 Å². The van der Waals surface area contributed by atoms with E-state index in [1.54, 1.807) is 0 Å². The summed E-state index contributed by atoms with van der Waals surface area (Å²) < 4.78 is 0. The van der Waals surface area contributed by atoms with E-state index in [1.165, 1.54) is 31.3 Å². The maximum absolute atomic E-state index is 9.48. The summed E-state index contributed by atoms with van der Waals surface area (Å²) in [5, 5.41) is 12.9. The molecule has 0 spiro atoms. The number of aliphatic hydroxyl groups is 1. The first-order valence-corrected chi connectivity index (χ1v) is 4.93. The Morgan fingerprint density at radius 3 is 3.00 bits per heavy atom. The number of nitrogens with one attached hydrogen (secondary N) is 1. The van der Waals surface area contributed by atoms with Crippen molar-refractivity contribution in [2.75, 3.05) is 0 Å². The Kier molecular flexibility index (Phi) is 2.09. The van der Waals surface area contributed by atoms with Crippen molar-refractivity contribution in [1.29, 1.82) is 0 Å². The van der Waals surface area contributed by atoms with E-state index in [4.69, 9.17) is 0 Å². The van der Waals surface area contributed by atoms with E-state index in [-0.39, 0.29) is 6.10 Å². The lowest BCUT2D eigenvalue weighted by molar-refractivity contribution is 0.205. The SMILES string of the molecule is CC(O)C1=CNC2CCCCC12. The maximum Gasteiger partial charge on any atom is 0.0742 e. The second-order valence-electron chi connectivity index (χ2n) is 3.98. The molecule has 2 rings (SSSR count). The molecule has 0 bridgehead atoms. The Bertz CT molecular complexity index is 198. The molecule has 2 nitrogen and oxygen atoms in total. The Morgan fingerprint density at radius 2 is 2.25 bits per heavy atom. The van der Waals surface area contributed by atoms with E-state index in [0.717, 1.165) is 0 Å².